The van der Waals surface area contributed by atoms with E-state index in [9.17, 15) is 4.79 Å². The van der Waals surface area contributed by atoms with Gasteiger partial charge >= 0.3 is 0 Å². The Morgan fingerprint density at radius 1 is 1.21 bits per heavy atom. The van der Waals surface area contributed by atoms with Gasteiger partial charge in [0.15, 0.2) is 5.75 Å². The number of ether oxygens (including phenoxy) is 1. The van der Waals surface area contributed by atoms with E-state index in [0.29, 0.717) is 23.7 Å². The van der Waals surface area contributed by atoms with E-state index in [-0.39, 0.29) is 11.8 Å². The van der Waals surface area contributed by atoms with Crippen molar-refractivity contribution in [2.45, 2.75) is 25.7 Å². The maximum atomic E-state index is 12.8. The molecule has 0 N–H and O–H groups in total. The molecule has 0 spiro atoms. The van der Waals surface area contributed by atoms with Crippen molar-refractivity contribution < 1.29 is 9.53 Å². The second-order valence-corrected chi connectivity index (χ2v) is 6.93. The minimum Gasteiger partial charge on any atom is -0.435 e. The molecule has 1 aliphatic heterocycles. The van der Waals surface area contributed by atoms with Crippen LogP contribution in [0.15, 0.2) is 43.1 Å². The number of amides is 1. The van der Waals surface area contributed by atoms with Crippen molar-refractivity contribution in [3.63, 3.8) is 0 Å². The van der Waals surface area contributed by atoms with Gasteiger partial charge in [-0.15, -0.1) is 0 Å². The predicted octanol–water partition coefficient (Wildman–Crippen LogP) is 2.73. The molecule has 0 radical (unpaired) electrons. The fourth-order valence-electron chi connectivity index (χ4n) is 3.48. The topological polar surface area (TPSA) is 86.0 Å². The molecule has 3 aromatic heterocycles. The van der Waals surface area contributed by atoms with Crippen LogP contribution in [0.3, 0.4) is 0 Å². The lowest BCUT2D eigenvalue weighted by Crippen LogP contribution is -2.39. The van der Waals surface area contributed by atoms with Gasteiger partial charge in [-0.25, -0.2) is 4.98 Å². The zero-order chi connectivity index (χ0) is 19.5. The largest absolute Gasteiger partial charge is 0.435 e. The number of aryl methyl sites for hydroxylation is 2. The molecule has 0 aliphatic carbocycles. The minimum absolute atomic E-state index is 0.00716. The Bertz CT molecular complexity index is 986. The van der Waals surface area contributed by atoms with Crippen LogP contribution in [-0.4, -0.2) is 48.6 Å². The van der Waals surface area contributed by atoms with E-state index in [1.54, 1.807) is 42.7 Å². The Balaban J connectivity index is 1.55. The van der Waals surface area contributed by atoms with Crippen LogP contribution in [0.1, 0.15) is 40.5 Å². The minimum atomic E-state index is -0.00716. The number of likely N-dealkylation sites (tertiary alicyclic amines) is 1. The maximum Gasteiger partial charge on any atom is 0.257 e. The molecule has 144 valence electrons. The molecule has 1 aliphatic rings. The summed E-state index contributed by atoms with van der Waals surface area (Å²) < 4.78 is 7.66. The van der Waals surface area contributed by atoms with Crippen LogP contribution in [0.2, 0.25) is 0 Å². The highest BCUT2D eigenvalue weighted by Gasteiger charge is 2.29. The summed E-state index contributed by atoms with van der Waals surface area (Å²) in [6, 6.07) is 3.69. The molecule has 1 saturated heterocycles. The number of nitrogens with zero attached hydrogens (tertiary/aromatic N) is 6. The highest BCUT2D eigenvalue weighted by molar-refractivity contribution is 5.93. The smallest absolute Gasteiger partial charge is 0.257 e. The van der Waals surface area contributed by atoms with Crippen LogP contribution in [0.25, 0.3) is 0 Å². The molecule has 0 unspecified atom stereocenters. The molecule has 28 heavy (non-hydrogen) atoms. The first kappa shape index (κ1) is 18.1. The lowest BCUT2D eigenvalue weighted by Gasteiger charge is -2.32. The van der Waals surface area contributed by atoms with Gasteiger partial charge in [-0.3, -0.25) is 19.4 Å². The molecule has 0 bridgehead atoms. The van der Waals surface area contributed by atoms with Crippen LogP contribution >= 0.6 is 0 Å². The first-order valence-electron chi connectivity index (χ1n) is 9.30. The zero-order valence-corrected chi connectivity index (χ0v) is 15.9. The molecular formula is C20H22N6O2. The number of hydrogen-bond donors (Lipinski definition) is 0. The van der Waals surface area contributed by atoms with Crippen molar-refractivity contribution in [3.8, 4) is 11.6 Å². The van der Waals surface area contributed by atoms with Crippen LogP contribution in [0.4, 0.5) is 0 Å². The van der Waals surface area contributed by atoms with Crippen LogP contribution in [-0.2, 0) is 7.05 Å². The van der Waals surface area contributed by atoms with Crippen LogP contribution in [0, 0.1) is 6.92 Å². The summed E-state index contributed by atoms with van der Waals surface area (Å²) in [4.78, 5) is 27.9. The van der Waals surface area contributed by atoms with E-state index < -0.39 is 0 Å². The lowest BCUT2D eigenvalue weighted by molar-refractivity contribution is 0.0704. The number of pyridine rings is 1. The SMILES string of the molecule is Cc1ncccc1Oc1nccnc1[C@H]1CCCN(C(=O)c2cnn(C)c2)C1. The van der Waals surface area contributed by atoms with E-state index in [4.69, 9.17) is 4.74 Å². The average Bonchev–Trinajstić information content (AvgIpc) is 3.16. The average molecular weight is 378 g/mol. The van der Waals surface area contributed by atoms with Crippen molar-refractivity contribution in [1.82, 2.24) is 29.6 Å². The normalized spacial score (nSPS) is 16.8. The number of piperidine rings is 1. The first-order valence-corrected chi connectivity index (χ1v) is 9.30. The van der Waals surface area contributed by atoms with Crippen molar-refractivity contribution >= 4 is 5.91 Å². The van der Waals surface area contributed by atoms with Gasteiger partial charge in [-0.05, 0) is 31.9 Å². The molecule has 4 rings (SSSR count). The summed E-state index contributed by atoms with van der Waals surface area (Å²) in [6.45, 7) is 3.19. The molecule has 3 aromatic rings. The number of hydrogen-bond acceptors (Lipinski definition) is 6. The standard InChI is InChI=1S/C20H22N6O2/c1-14-17(6-3-7-21-14)28-19-18(22-8-9-23-19)15-5-4-10-26(13-15)20(27)16-11-24-25(2)12-16/h3,6-9,11-12,15H,4-5,10,13H2,1-2H3/t15-/m0/s1. The third-order valence-electron chi connectivity index (χ3n) is 4.90. The number of carbonyl (C=O) groups is 1. The summed E-state index contributed by atoms with van der Waals surface area (Å²) in [6.07, 6.45) is 10.2. The van der Waals surface area contributed by atoms with Gasteiger partial charge in [-0.2, -0.15) is 5.10 Å². The highest BCUT2D eigenvalue weighted by atomic mass is 16.5. The van der Waals surface area contributed by atoms with Gasteiger partial charge in [0.2, 0.25) is 5.88 Å². The van der Waals surface area contributed by atoms with Gasteiger partial charge in [0.1, 0.15) is 5.69 Å². The van der Waals surface area contributed by atoms with E-state index in [1.165, 1.54) is 0 Å². The van der Waals surface area contributed by atoms with E-state index in [1.807, 2.05) is 24.0 Å². The molecule has 0 saturated carbocycles. The van der Waals surface area contributed by atoms with Gasteiger partial charge in [-0.1, -0.05) is 0 Å². The number of aromatic nitrogens is 5. The van der Waals surface area contributed by atoms with E-state index in [0.717, 1.165) is 30.8 Å². The number of rotatable bonds is 4. The highest BCUT2D eigenvalue weighted by Crippen LogP contribution is 2.33. The Labute approximate surface area is 163 Å². The van der Waals surface area contributed by atoms with Crippen molar-refractivity contribution in [3.05, 3.63) is 60.1 Å². The molecule has 8 heteroatoms. The Kier molecular flexibility index (Phi) is 5.01. The van der Waals surface area contributed by atoms with Gasteiger partial charge in [0, 0.05) is 50.8 Å². The summed E-state index contributed by atoms with van der Waals surface area (Å²) in [5.74, 6) is 1.19. The lowest BCUT2D eigenvalue weighted by atomic mass is 9.94. The summed E-state index contributed by atoms with van der Waals surface area (Å²) >= 11 is 0. The Morgan fingerprint density at radius 2 is 2.07 bits per heavy atom. The molecule has 0 aromatic carbocycles. The van der Waals surface area contributed by atoms with Gasteiger partial charge < -0.3 is 9.64 Å². The predicted molar refractivity (Wildman–Crippen MR) is 102 cm³/mol. The van der Waals surface area contributed by atoms with Crippen molar-refractivity contribution in [2.75, 3.05) is 13.1 Å². The molecule has 8 nitrogen and oxygen atoms in total. The van der Waals surface area contributed by atoms with Gasteiger partial charge in [0.05, 0.1) is 17.5 Å². The summed E-state index contributed by atoms with van der Waals surface area (Å²) in [7, 11) is 1.80. The third kappa shape index (κ3) is 3.71. The second kappa shape index (κ2) is 7.75. The van der Waals surface area contributed by atoms with E-state index >= 15 is 0 Å². The summed E-state index contributed by atoms with van der Waals surface area (Å²) in [5.41, 5.74) is 2.16. The third-order valence-corrected chi connectivity index (χ3v) is 4.90. The molecule has 1 fully saturated rings. The monoisotopic (exact) mass is 378 g/mol. The fourth-order valence-corrected chi connectivity index (χ4v) is 3.48. The molecule has 1 amide bonds. The molecule has 1 atom stereocenters. The van der Waals surface area contributed by atoms with Crippen LogP contribution in [0.5, 0.6) is 11.6 Å². The van der Waals surface area contributed by atoms with Crippen molar-refractivity contribution in [2.24, 2.45) is 7.05 Å². The first-order chi connectivity index (χ1) is 13.6. The second-order valence-electron chi connectivity index (χ2n) is 6.93. The van der Waals surface area contributed by atoms with Crippen molar-refractivity contribution in [1.29, 1.82) is 0 Å². The molecule has 4 heterocycles. The summed E-state index contributed by atoms with van der Waals surface area (Å²) in [5, 5.41) is 4.10. The quantitative estimate of drug-likeness (QED) is 0.694. The van der Waals surface area contributed by atoms with Gasteiger partial charge in [0.25, 0.3) is 5.91 Å². The number of carbonyl (C=O) groups excluding carboxylic acids is 1. The van der Waals surface area contributed by atoms with Crippen LogP contribution < -0.4 is 4.74 Å². The zero-order valence-electron chi connectivity index (χ0n) is 15.9. The Hall–Kier alpha value is -3.29. The fraction of sp³-hybridized carbons (Fsp3) is 0.350. The van der Waals surface area contributed by atoms with E-state index in [2.05, 4.69) is 20.1 Å². The molecular weight excluding hydrogens is 356 g/mol. The Morgan fingerprint density at radius 3 is 2.86 bits per heavy atom. The maximum absolute atomic E-state index is 12.8.